The number of aryl methyl sites for hydroxylation is 1. The number of rotatable bonds is 5. The number of aliphatic imine (C=N–C) groups is 1. The van der Waals surface area contributed by atoms with Gasteiger partial charge in [-0.25, -0.2) is 13.8 Å². The van der Waals surface area contributed by atoms with Crippen LogP contribution in [-0.2, 0) is 11.3 Å². The zero-order valence-corrected chi connectivity index (χ0v) is 17.4. The Morgan fingerprint density at radius 3 is 2.72 bits per heavy atom. The highest BCUT2D eigenvalue weighted by Gasteiger charge is 2.19. The standard InChI is InChI=1S/C20H16ClF2N7O2/c1-10-27-19(30-32-10)18-14(7-13(21)8-16(18)23)11-2-3-12(15(22)6-11)9-26-20(25)29-28-17(31)4-5-24/h2-3,6-8H,4,9H2,1H3,(H,28,31)(H3,25,26,29). The Bertz CT molecular complexity index is 1240. The highest BCUT2D eigenvalue weighted by molar-refractivity contribution is 6.31. The van der Waals surface area contributed by atoms with Crippen LogP contribution in [0.4, 0.5) is 8.78 Å². The summed E-state index contributed by atoms with van der Waals surface area (Å²) in [7, 11) is 0. The monoisotopic (exact) mass is 459 g/mol. The Morgan fingerprint density at radius 1 is 1.28 bits per heavy atom. The third-order valence-corrected chi connectivity index (χ3v) is 4.38. The summed E-state index contributed by atoms with van der Waals surface area (Å²) in [5, 5.41) is 12.3. The fraction of sp³-hybridized carbons (Fsp3) is 0.150. The zero-order chi connectivity index (χ0) is 23.3. The molecule has 1 aromatic heterocycles. The van der Waals surface area contributed by atoms with Crippen molar-refractivity contribution in [2.45, 2.75) is 19.9 Å². The molecule has 0 fully saturated rings. The molecule has 2 aromatic carbocycles. The Balaban J connectivity index is 1.85. The highest BCUT2D eigenvalue weighted by Crippen LogP contribution is 2.36. The molecule has 0 saturated carbocycles. The number of halogens is 3. The fourth-order valence-electron chi connectivity index (χ4n) is 2.73. The number of nitrogens with two attached hydrogens (primary N) is 1. The molecular formula is C20H16ClF2N7O2. The summed E-state index contributed by atoms with van der Waals surface area (Å²) in [4.78, 5) is 19.2. The molecule has 0 aliphatic carbocycles. The van der Waals surface area contributed by atoms with Crippen molar-refractivity contribution in [2.24, 2.45) is 10.7 Å². The van der Waals surface area contributed by atoms with Crippen LogP contribution in [0.1, 0.15) is 17.9 Å². The molecule has 32 heavy (non-hydrogen) atoms. The summed E-state index contributed by atoms with van der Waals surface area (Å²) in [5.74, 6) is -1.82. The Morgan fingerprint density at radius 2 is 2.06 bits per heavy atom. The van der Waals surface area contributed by atoms with Gasteiger partial charge in [-0.2, -0.15) is 10.2 Å². The first kappa shape index (κ1) is 22.6. The number of amides is 1. The molecule has 0 atom stereocenters. The van der Waals surface area contributed by atoms with Crippen molar-refractivity contribution in [1.29, 1.82) is 5.26 Å². The van der Waals surface area contributed by atoms with E-state index in [-0.39, 0.29) is 52.4 Å². The second kappa shape index (κ2) is 9.84. The predicted octanol–water partition coefficient (Wildman–Crippen LogP) is 2.99. The van der Waals surface area contributed by atoms with E-state index in [2.05, 4.69) is 26.0 Å². The molecule has 3 aromatic rings. The Hall–Kier alpha value is -4.04. The third-order valence-electron chi connectivity index (χ3n) is 4.16. The minimum Gasteiger partial charge on any atom is -0.369 e. The van der Waals surface area contributed by atoms with Crippen LogP contribution in [0.25, 0.3) is 22.5 Å². The van der Waals surface area contributed by atoms with Crippen LogP contribution in [-0.4, -0.2) is 22.0 Å². The van der Waals surface area contributed by atoms with E-state index >= 15 is 0 Å². The first-order valence-electron chi connectivity index (χ1n) is 9.08. The van der Waals surface area contributed by atoms with E-state index in [0.717, 1.165) is 6.07 Å². The Labute approximate surface area is 185 Å². The molecule has 4 N–H and O–H groups in total. The van der Waals surface area contributed by atoms with Crippen LogP contribution in [0.5, 0.6) is 0 Å². The van der Waals surface area contributed by atoms with E-state index in [1.807, 2.05) is 0 Å². The first-order chi connectivity index (χ1) is 15.3. The van der Waals surface area contributed by atoms with Gasteiger partial charge in [0.2, 0.25) is 17.7 Å². The molecule has 0 aliphatic heterocycles. The van der Waals surface area contributed by atoms with Gasteiger partial charge in [0, 0.05) is 17.5 Å². The average molecular weight is 460 g/mol. The third kappa shape index (κ3) is 5.35. The largest absolute Gasteiger partial charge is 0.369 e. The lowest BCUT2D eigenvalue weighted by molar-refractivity contribution is -0.120. The minimum atomic E-state index is -0.681. The van der Waals surface area contributed by atoms with Crippen LogP contribution >= 0.6 is 11.6 Å². The average Bonchev–Trinajstić information content (AvgIpc) is 3.16. The highest BCUT2D eigenvalue weighted by atomic mass is 35.5. The summed E-state index contributed by atoms with van der Waals surface area (Å²) in [6.07, 6.45) is -0.355. The van der Waals surface area contributed by atoms with Crippen molar-refractivity contribution >= 4 is 23.5 Å². The molecule has 12 heteroatoms. The van der Waals surface area contributed by atoms with Gasteiger partial charge in [0.25, 0.3) is 5.91 Å². The summed E-state index contributed by atoms with van der Waals surface area (Å²) >= 11 is 6.01. The molecule has 0 spiro atoms. The molecular weight excluding hydrogens is 444 g/mol. The summed E-state index contributed by atoms with van der Waals surface area (Å²) in [6, 6.07) is 8.48. The molecule has 0 radical (unpaired) electrons. The second-order valence-corrected chi connectivity index (χ2v) is 6.90. The molecule has 3 rings (SSSR count). The van der Waals surface area contributed by atoms with E-state index in [9.17, 15) is 13.6 Å². The normalized spacial score (nSPS) is 11.2. The number of nitrogens with one attached hydrogen (secondary N) is 2. The molecule has 0 saturated heterocycles. The van der Waals surface area contributed by atoms with E-state index in [1.165, 1.54) is 18.2 Å². The van der Waals surface area contributed by atoms with Gasteiger partial charge in [-0.05, 0) is 29.3 Å². The molecule has 0 bridgehead atoms. The topological polar surface area (TPSA) is 142 Å². The Kier molecular flexibility index (Phi) is 6.97. The first-order valence-corrected chi connectivity index (χ1v) is 9.46. The van der Waals surface area contributed by atoms with E-state index in [1.54, 1.807) is 19.1 Å². The smallest absolute Gasteiger partial charge is 0.252 e. The number of nitrogens with zero attached hydrogens (tertiary/aromatic N) is 4. The SMILES string of the molecule is Cc1nc(-c2c(F)cc(Cl)cc2-c2ccc(CN=C(N)NNC(=O)CC#N)c(F)c2)no1. The van der Waals surface area contributed by atoms with Gasteiger partial charge in [-0.15, -0.1) is 0 Å². The summed E-state index contributed by atoms with van der Waals surface area (Å²) in [6.45, 7) is 1.42. The van der Waals surface area contributed by atoms with Gasteiger partial charge in [-0.3, -0.25) is 15.6 Å². The number of hydrogen-bond acceptors (Lipinski definition) is 6. The van der Waals surface area contributed by atoms with Crippen molar-refractivity contribution in [3.05, 3.63) is 58.4 Å². The molecule has 1 heterocycles. The van der Waals surface area contributed by atoms with Crippen molar-refractivity contribution in [3.63, 3.8) is 0 Å². The molecule has 164 valence electrons. The maximum absolute atomic E-state index is 14.7. The number of aromatic nitrogens is 2. The molecule has 9 nitrogen and oxygen atoms in total. The van der Waals surface area contributed by atoms with E-state index in [4.69, 9.17) is 27.1 Å². The number of nitriles is 1. The molecule has 0 aliphatic rings. The number of guanidine groups is 1. The second-order valence-electron chi connectivity index (χ2n) is 6.46. The number of carbonyl (C=O) groups excluding carboxylic acids is 1. The van der Waals surface area contributed by atoms with Crippen LogP contribution in [0.3, 0.4) is 0 Å². The minimum absolute atomic E-state index is 0.0121. The number of carbonyl (C=O) groups is 1. The van der Waals surface area contributed by atoms with E-state index in [0.29, 0.717) is 5.56 Å². The fourth-order valence-corrected chi connectivity index (χ4v) is 2.94. The molecule has 1 amide bonds. The van der Waals surface area contributed by atoms with Gasteiger partial charge in [0.05, 0.1) is 18.2 Å². The lowest BCUT2D eigenvalue weighted by Crippen LogP contribution is -2.45. The lowest BCUT2D eigenvalue weighted by atomic mass is 9.97. The van der Waals surface area contributed by atoms with Crippen molar-refractivity contribution in [3.8, 4) is 28.6 Å². The quantitative estimate of drug-likeness (QED) is 0.302. The summed E-state index contributed by atoms with van der Waals surface area (Å²) in [5.41, 5.74) is 10.9. The maximum Gasteiger partial charge on any atom is 0.252 e. The van der Waals surface area contributed by atoms with Gasteiger partial charge < -0.3 is 10.3 Å². The maximum atomic E-state index is 14.7. The van der Waals surface area contributed by atoms with E-state index < -0.39 is 17.5 Å². The van der Waals surface area contributed by atoms with Crippen LogP contribution in [0.15, 0.2) is 39.8 Å². The molecule has 0 unspecified atom stereocenters. The van der Waals surface area contributed by atoms with Gasteiger partial charge in [-0.1, -0.05) is 28.9 Å². The van der Waals surface area contributed by atoms with Crippen LogP contribution < -0.4 is 16.6 Å². The van der Waals surface area contributed by atoms with Gasteiger partial charge in [0.1, 0.15) is 18.1 Å². The zero-order valence-electron chi connectivity index (χ0n) is 16.6. The number of hydrogen-bond donors (Lipinski definition) is 3. The van der Waals surface area contributed by atoms with Crippen LogP contribution in [0, 0.1) is 29.9 Å². The number of benzene rings is 2. The number of hydrazine groups is 1. The van der Waals surface area contributed by atoms with Gasteiger partial charge in [0.15, 0.2) is 0 Å². The summed E-state index contributed by atoms with van der Waals surface area (Å²) < 4.78 is 34.3. The van der Waals surface area contributed by atoms with Crippen LogP contribution in [0.2, 0.25) is 5.02 Å². The van der Waals surface area contributed by atoms with Crippen molar-refractivity contribution in [1.82, 2.24) is 21.0 Å². The predicted molar refractivity (Wildman–Crippen MR) is 112 cm³/mol. The van der Waals surface area contributed by atoms with Gasteiger partial charge >= 0.3 is 0 Å². The van der Waals surface area contributed by atoms with Crippen molar-refractivity contribution < 1.29 is 18.1 Å². The lowest BCUT2D eigenvalue weighted by Gasteiger charge is -2.11. The van der Waals surface area contributed by atoms with Crippen molar-refractivity contribution in [2.75, 3.05) is 0 Å².